The van der Waals surface area contributed by atoms with Crippen LogP contribution in [0.15, 0.2) is 15.2 Å². The summed E-state index contributed by atoms with van der Waals surface area (Å²) in [4.78, 5) is 26.5. The Morgan fingerprint density at radius 3 is 2.44 bits per heavy atom. The molecule has 1 atom stereocenters. The van der Waals surface area contributed by atoms with E-state index >= 15 is 0 Å². The molecule has 0 bridgehead atoms. The number of ketones is 1. The fraction of sp³-hybridized carbons (Fsp3) is 0.846. The van der Waals surface area contributed by atoms with Gasteiger partial charge in [-0.25, -0.2) is 4.79 Å². The van der Waals surface area contributed by atoms with Gasteiger partial charge >= 0.3 is 0 Å². The van der Waals surface area contributed by atoms with Crippen LogP contribution in [0.5, 0.6) is 0 Å². The topological polar surface area (TPSA) is 71.2 Å². The SMILES string of the molecule is CC(C)(C)N=NC1(N=C=O)CCCCCCC1=O. The van der Waals surface area contributed by atoms with Gasteiger partial charge < -0.3 is 0 Å². The Labute approximate surface area is 108 Å². The van der Waals surface area contributed by atoms with Crippen molar-refractivity contribution in [3.8, 4) is 0 Å². The van der Waals surface area contributed by atoms with E-state index in [1.165, 1.54) is 6.08 Å². The van der Waals surface area contributed by atoms with Gasteiger partial charge in [-0.3, -0.25) is 4.79 Å². The molecule has 1 unspecified atom stereocenters. The highest BCUT2D eigenvalue weighted by Gasteiger charge is 2.38. The maximum atomic E-state index is 12.2. The van der Waals surface area contributed by atoms with Crippen molar-refractivity contribution < 1.29 is 9.59 Å². The minimum Gasteiger partial charge on any atom is -0.295 e. The second-order valence-corrected chi connectivity index (χ2v) is 5.73. The van der Waals surface area contributed by atoms with Crippen LogP contribution in [0.25, 0.3) is 0 Å². The minimum atomic E-state index is -1.31. The van der Waals surface area contributed by atoms with Crippen LogP contribution in [0.2, 0.25) is 0 Å². The van der Waals surface area contributed by atoms with Crippen molar-refractivity contribution in [1.82, 2.24) is 0 Å². The van der Waals surface area contributed by atoms with Gasteiger partial charge in [0, 0.05) is 12.8 Å². The summed E-state index contributed by atoms with van der Waals surface area (Å²) in [5, 5.41) is 8.23. The summed E-state index contributed by atoms with van der Waals surface area (Å²) in [6.45, 7) is 5.67. The van der Waals surface area contributed by atoms with Crippen LogP contribution in [-0.2, 0) is 9.59 Å². The van der Waals surface area contributed by atoms with Crippen molar-refractivity contribution in [3.05, 3.63) is 0 Å². The molecule has 1 fully saturated rings. The lowest BCUT2D eigenvalue weighted by Crippen LogP contribution is -2.36. The molecule has 0 aromatic carbocycles. The number of carbonyl (C=O) groups is 1. The summed E-state index contributed by atoms with van der Waals surface area (Å²) in [5.74, 6) is -0.112. The summed E-state index contributed by atoms with van der Waals surface area (Å²) < 4.78 is 0. The van der Waals surface area contributed by atoms with Gasteiger partial charge in [0.15, 0.2) is 5.78 Å². The molecule has 0 spiro atoms. The second-order valence-electron chi connectivity index (χ2n) is 5.73. The number of rotatable bonds is 2. The molecule has 0 amide bonds. The zero-order chi connectivity index (χ0) is 13.6. The van der Waals surface area contributed by atoms with Crippen molar-refractivity contribution in [3.63, 3.8) is 0 Å². The minimum absolute atomic E-state index is 0.112. The smallest absolute Gasteiger partial charge is 0.239 e. The lowest BCUT2D eigenvalue weighted by molar-refractivity contribution is -0.124. The van der Waals surface area contributed by atoms with Crippen LogP contribution in [0.4, 0.5) is 0 Å². The number of Topliss-reactive ketones (excluding diaryl/α,β-unsaturated/α-hetero) is 1. The summed E-state index contributed by atoms with van der Waals surface area (Å²) in [5.41, 5.74) is -1.69. The Balaban J connectivity index is 3.05. The van der Waals surface area contributed by atoms with Gasteiger partial charge in [0.2, 0.25) is 11.7 Å². The molecule has 1 rings (SSSR count). The maximum absolute atomic E-state index is 12.2. The molecule has 0 radical (unpaired) electrons. The van der Waals surface area contributed by atoms with E-state index in [4.69, 9.17) is 0 Å². The van der Waals surface area contributed by atoms with Gasteiger partial charge in [-0.1, -0.05) is 12.8 Å². The van der Waals surface area contributed by atoms with Crippen molar-refractivity contribution in [2.24, 2.45) is 15.2 Å². The predicted molar refractivity (Wildman–Crippen MR) is 68.2 cm³/mol. The highest BCUT2D eigenvalue weighted by atomic mass is 16.1. The average Bonchev–Trinajstić information content (AvgIpc) is 2.26. The Morgan fingerprint density at radius 2 is 1.83 bits per heavy atom. The van der Waals surface area contributed by atoms with Crippen LogP contribution < -0.4 is 0 Å². The monoisotopic (exact) mass is 251 g/mol. The number of hydrogen-bond acceptors (Lipinski definition) is 5. The van der Waals surface area contributed by atoms with E-state index in [1.54, 1.807) is 0 Å². The molecule has 0 heterocycles. The molecular formula is C13H21N3O2. The third kappa shape index (κ3) is 4.15. The fourth-order valence-corrected chi connectivity index (χ4v) is 1.90. The Bertz CT molecular complexity index is 378. The third-order valence-electron chi connectivity index (χ3n) is 2.87. The molecule has 5 heteroatoms. The zero-order valence-electron chi connectivity index (χ0n) is 11.4. The van der Waals surface area contributed by atoms with E-state index in [9.17, 15) is 9.59 Å². The first-order chi connectivity index (χ1) is 8.40. The van der Waals surface area contributed by atoms with E-state index in [0.29, 0.717) is 12.8 Å². The molecule has 5 nitrogen and oxygen atoms in total. The first-order valence-electron chi connectivity index (χ1n) is 6.46. The van der Waals surface area contributed by atoms with Gasteiger partial charge in [-0.15, -0.1) is 0 Å². The molecule has 1 aliphatic rings. The number of hydrogen-bond donors (Lipinski definition) is 0. The third-order valence-corrected chi connectivity index (χ3v) is 2.87. The summed E-state index contributed by atoms with van der Waals surface area (Å²) in [6.07, 6.45) is 6.11. The molecule has 0 aromatic heterocycles. The molecule has 0 N–H and O–H groups in total. The van der Waals surface area contributed by atoms with Crippen molar-refractivity contribution >= 4 is 11.9 Å². The zero-order valence-corrected chi connectivity index (χ0v) is 11.4. The van der Waals surface area contributed by atoms with E-state index in [-0.39, 0.29) is 11.3 Å². The van der Waals surface area contributed by atoms with Crippen LogP contribution in [0.3, 0.4) is 0 Å². The van der Waals surface area contributed by atoms with E-state index in [1.807, 2.05) is 20.8 Å². The summed E-state index contributed by atoms with van der Waals surface area (Å²) in [7, 11) is 0. The standard InChI is InChI=1S/C13H21N3O2/c1-12(2,3)15-16-13(14-10-17)9-7-5-4-6-8-11(13)18/h4-9H2,1-3H3. The molecule has 0 aliphatic heterocycles. The van der Waals surface area contributed by atoms with Crippen molar-refractivity contribution in [2.45, 2.75) is 70.5 Å². The second kappa shape index (κ2) is 6.01. The quantitative estimate of drug-likeness (QED) is 0.429. The highest BCUT2D eigenvalue weighted by Crippen LogP contribution is 2.29. The molecule has 0 aromatic rings. The maximum Gasteiger partial charge on any atom is 0.239 e. The number of nitrogens with zero attached hydrogens (tertiary/aromatic N) is 3. The van der Waals surface area contributed by atoms with Gasteiger partial charge in [0.1, 0.15) is 0 Å². The molecule has 18 heavy (non-hydrogen) atoms. The van der Waals surface area contributed by atoms with Gasteiger partial charge in [-0.2, -0.15) is 15.2 Å². The Morgan fingerprint density at radius 1 is 1.17 bits per heavy atom. The Kier molecular flexibility index (Phi) is 4.91. The predicted octanol–water partition coefficient (Wildman–Crippen LogP) is 3.19. The molecule has 0 saturated heterocycles. The van der Waals surface area contributed by atoms with Crippen LogP contribution in [0.1, 0.15) is 59.3 Å². The lowest BCUT2D eigenvalue weighted by Gasteiger charge is -2.24. The lowest BCUT2D eigenvalue weighted by atomic mass is 9.91. The average molecular weight is 251 g/mol. The number of carbonyl (C=O) groups excluding carboxylic acids is 2. The van der Waals surface area contributed by atoms with Crippen LogP contribution in [0, 0.1) is 0 Å². The van der Waals surface area contributed by atoms with E-state index in [2.05, 4.69) is 15.2 Å². The molecule has 1 saturated carbocycles. The number of aliphatic imine (C=N–C) groups is 1. The van der Waals surface area contributed by atoms with Gasteiger partial charge in [0.05, 0.1) is 5.54 Å². The van der Waals surface area contributed by atoms with Gasteiger partial charge in [0.25, 0.3) is 0 Å². The largest absolute Gasteiger partial charge is 0.295 e. The van der Waals surface area contributed by atoms with Crippen LogP contribution >= 0.6 is 0 Å². The number of isocyanates is 1. The fourth-order valence-electron chi connectivity index (χ4n) is 1.90. The molecule has 100 valence electrons. The van der Waals surface area contributed by atoms with Crippen LogP contribution in [-0.4, -0.2) is 23.1 Å². The van der Waals surface area contributed by atoms with Crippen molar-refractivity contribution in [1.29, 1.82) is 0 Å². The Hall–Kier alpha value is -1.35. The highest BCUT2D eigenvalue weighted by molar-refractivity contribution is 5.89. The van der Waals surface area contributed by atoms with Gasteiger partial charge in [-0.05, 0) is 33.6 Å². The van der Waals surface area contributed by atoms with E-state index < -0.39 is 5.66 Å². The molecule has 1 aliphatic carbocycles. The summed E-state index contributed by atoms with van der Waals surface area (Å²) in [6, 6.07) is 0. The van der Waals surface area contributed by atoms with Crippen molar-refractivity contribution in [2.75, 3.05) is 0 Å². The van der Waals surface area contributed by atoms with E-state index in [0.717, 1.165) is 25.7 Å². The first kappa shape index (κ1) is 14.7. The summed E-state index contributed by atoms with van der Waals surface area (Å²) >= 11 is 0. The first-order valence-corrected chi connectivity index (χ1v) is 6.46. The molecular weight excluding hydrogens is 230 g/mol. The normalized spacial score (nSPS) is 26.5. The number of azo groups is 1.